The van der Waals surface area contributed by atoms with Crippen LogP contribution < -0.4 is 0 Å². The van der Waals surface area contributed by atoms with E-state index in [1.165, 1.54) is 0 Å². The summed E-state index contributed by atoms with van der Waals surface area (Å²) in [6.45, 7) is 10.1. The molecule has 3 fully saturated rings. The van der Waals surface area contributed by atoms with Gasteiger partial charge in [0.1, 0.15) is 6.10 Å². The van der Waals surface area contributed by atoms with Crippen molar-refractivity contribution in [3.63, 3.8) is 0 Å². The van der Waals surface area contributed by atoms with Crippen molar-refractivity contribution >= 4 is 23.3 Å². The predicted molar refractivity (Wildman–Crippen MR) is 88.2 cm³/mol. The lowest BCUT2D eigenvalue weighted by molar-refractivity contribution is -0.142. The van der Waals surface area contributed by atoms with Crippen LogP contribution in [0.3, 0.4) is 0 Å². The van der Waals surface area contributed by atoms with E-state index in [4.69, 9.17) is 17.0 Å². The van der Waals surface area contributed by atoms with Crippen LogP contribution in [0.25, 0.3) is 0 Å². The Morgan fingerprint density at radius 3 is 2.59 bits per heavy atom. The Hall–Kier alpha value is -0.680. The van der Waals surface area contributed by atoms with E-state index in [-0.39, 0.29) is 28.9 Å². The zero-order valence-corrected chi connectivity index (χ0v) is 14.9. The van der Waals surface area contributed by atoms with Gasteiger partial charge in [-0.3, -0.25) is 9.69 Å². The van der Waals surface area contributed by atoms with Crippen LogP contribution in [-0.2, 0) is 9.53 Å². The van der Waals surface area contributed by atoms with Gasteiger partial charge in [-0.05, 0) is 48.7 Å². The zero-order valence-electron chi connectivity index (χ0n) is 14.1. The Bertz CT molecular complexity index is 518. The molecule has 5 atom stereocenters. The molecule has 4 nitrogen and oxygen atoms in total. The SMILES string of the molecule is CC(C)[C@H](O)[C@@H](C)C(=O)N1C(=S)O[C@@H]2C[C@H]3CC[C@]21C3(C)C. The van der Waals surface area contributed by atoms with E-state index in [1.807, 2.05) is 13.8 Å². The average molecular weight is 325 g/mol. The minimum Gasteiger partial charge on any atom is -0.465 e. The number of ether oxygens (including phenoxy) is 1. The van der Waals surface area contributed by atoms with E-state index in [0.717, 1.165) is 19.3 Å². The highest BCUT2D eigenvalue weighted by atomic mass is 32.1. The Morgan fingerprint density at radius 2 is 2.05 bits per heavy atom. The summed E-state index contributed by atoms with van der Waals surface area (Å²) in [5.74, 6) is 0.0768. The van der Waals surface area contributed by atoms with Gasteiger partial charge in [0.25, 0.3) is 5.17 Å². The first kappa shape index (κ1) is 16.2. The highest BCUT2D eigenvalue weighted by molar-refractivity contribution is 7.80. The van der Waals surface area contributed by atoms with Crippen molar-refractivity contribution in [2.45, 2.75) is 71.6 Å². The maximum absolute atomic E-state index is 13.1. The third-order valence-corrected chi connectivity index (χ3v) is 6.95. The molecule has 0 radical (unpaired) electrons. The maximum atomic E-state index is 13.1. The predicted octanol–water partition coefficient (Wildman–Crippen LogP) is 2.73. The van der Waals surface area contributed by atoms with Gasteiger partial charge in [0.15, 0.2) is 0 Å². The van der Waals surface area contributed by atoms with Gasteiger partial charge in [0.05, 0.1) is 17.6 Å². The van der Waals surface area contributed by atoms with Gasteiger partial charge in [-0.2, -0.15) is 0 Å². The van der Waals surface area contributed by atoms with Crippen molar-refractivity contribution in [1.29, 1.82) is 0 Å². The molecule has 1 amide bonds. The fourth-order valence-electron chi connectivity index (χ4n) is 5.11. The molecule has 3 rings (SSSR count). The standard InChI is InChI=1S/C17H27NO3S/c1-9(2)13(19)10(3)14(20)18-15(22)21-12-8-11-6-7-17(12,18)16(11,4)5/h9-13,19H,6-8H2,1-5H3/t10-,11-,12-,13+,17-/m1/s1. The number of carbonyl (C=O) groups is 1. The number of hydrogen-bond acceptors (Lipinski definition) is 4. The quantitative estimate of drug-likeness (QED) is 0.811. The number of carbonyl (C=O) groups excluding carboxylic acids is 1. The lowest BCUT2D eigenvalue weighted by atomic mass is 9.74. The van der Waals surface area contributed by atoms with Crippen molar-refractivity contribution in [3.05, 3.63) is 0 Å². The van der Waals surface area contributed by atoms with Gasteiger partial charge in [-0.1, -0.05) is 34.6 Å². The van der Waals surface area contributed by atoms with Crippen molar-refractivity contribution < 1.29 is 14.6 Å². The first-order valence-corrected chi connectivity index (χ1v) is 8.78. The fraction of sp³-hybridized carbons (Fsp3) is 0.882. The molecule has 0 unspecified atom stereocenters. The summed E-state index contributed by atoms with van der Waals surface area (Å²) in [5.41, 5.74) is -0.298. The molecular weight excluding hydrogens is 298 g/mol. The van der Waals surface area contributed by atoms with Gasteiger partial charge in [0.2, 0.25) is 5.91 Å². The first-order valence-electron chi connectivity index (χ1n) is 8.37. The summed E-state index contributed by atoms with van der Waals surface area (Å²) >= 11 is 5.40. The maximum Gasteiger partial charge on any atom is 0.267 e. The third-order valence-electron chi connectivity index (χ3n) is 6.67. The lowest BCUT2D eigenvalue weighted by Crippen LogP contribution is -2.59. The number of nitrogens with zero attached hydrogens (tertiary/aromatic N) is 1. The Kier molecular flexibility index (Phi) is 3.61. The number of rotatable bonds is 3. The highest BCUT2D eigenvalue weighted by Gasteiger charge is 2.73. The molecule has 2 saturated carbocycles. The van der Waals surface area contributed by atoms with Crippen LogP contribution in [-0.4, -0.2) is 38.8 Å². The Balaban J connectivity index is 1.96. The normalized spacial score (nSPS) is 38.1. The molecule has 2 bridgehead atoms. The molecular formula is C17H27NO3S. The summed E-state index contributed by atoms with van der Waals surface area (Å²) in [4.78, 5) is 14.9. The second kappa shape index (κ2) is 4.91. The number of hydrogen-bond donors (Lipinski definition) is 1. The minimum atomic E-state index is -0.660. The molecule has 124 valence electrons. The van der Waals surface area contributed by atoms with Gasteiger partial charge in [-0.15, -0.1) is 0 Å². The number of thiocarbonyl (C=S) groups is 1. The molecule has 22 heavy (non-hydrogen) atoms. The van der Waals surface area contributed by atoms with Gasteiger partial charge in [0, 0.05) is 0 Å². The van der Waals surface area contributed by atoms with Crippen LogP contribution in [0.15, 0.2) is 0 Å². The zero-order chi connectivity index (χ0) is 16.4. The largest absolute Gasteiger partial charge is 0.465 e. The number of amides is 1. The highest BCUT2D eigenvalue weighted by Crippen LogP contribution is 2.66. The second-order valence-electron chi connectivity index (χ2n) is 8.19. The van der Waals surface area contributed by atoms with E-state index in [1.54, 1.807) is 11.8 Å². The number of aliphatic hydroxyl groups excluding tert-OH is 1. The topological polar surface area (TPSA) is 49.8 Å². The molecule has 0 aromatic heterocycles. The molecule has 1 heterocycles. The summed E-state index contributed by atoms with van der Waals surface area (Å²) in [6.07, 6.45) is 2.43. The van der Waals surface area contributed by atoms with Crippen molar-refractivity contribution in [1.82, 2.24) is 4.90 Å². The van der Waals surface area contributed by atoms with Crippen LogP contribution in [0.2, 0.25) is 0 Å². The van der Waals surface area contributed by atoms with Crippen molar-refractivity contribution in [3.8, 4) is 0 Å². The van der Waals surface area contributed by atoms with Crippen molar-refractivity contribution in [2.75, 3.05) is 0 Å². The van der Waals surface area contributed by atoms with Crippen LogP contribution in [0.1, 0.15) is 53.9 Å². The van der Waals surface area contributed by atoms with Crippen LogP contribution in [0.5, 0.6) is 0 Å². The van der Waals surface area contributed by atoms with E-state index in [0.29, 0.717) is 11.1 Å². The molecule has 1 spiro atoms. The van der Waals surface area contributed by atoms with Crippen LogP contribution in [0, 0.1) is 23.2 Å². The van der Waals surface area contributed by atoms with Gasteiger partial charge in [-0.25, -0.2) is 0 Å². The Labute approximate surface area is 138 Å². The van der Waals surface area contributed by atoms with Crippen LogP contribution >= 0.6 is 12.2 Å². The third kappa shape index (κ3) is 1.78. The number of fused-ring (bicyclic) bond motifs is 1. The van der Waals surface area contributed by atoms with E-state index < -0.39 is 12.0 Å². The summed E-state index contributed by atoms with van der Waals surface area (Å²) in [6, 6.07) is 0. The van der Waals surface area contributed by atoms with Gasteiger partial charge >= 0.3 is 0 Å². The summed E-state index contributed by atoms with van der Waals surface area (Å²) in [5, 5.41) is 10.6. The van der Waals surface area contributed by atoms with E-state index in [2.05, 4.69) is 13.8 Å². The smallest absolute Gasteiger partial charge is 0.267 e. The average Bonchev–Trinajstić information content (AvgIpc) is 2.96. The summed E-state index contributed by atoms with van der Waals surface area (Å²) < 4.78 is 5.92. The Morgan fingerprint density at radius 1 is 1.41 bits per heavy atom. The van der Waals surface area contributed by atoms with Crippen molar-refractivity contribution in [2.24, 2.45) is 23.2 Å². The fourth-order valence-corrected chi connectivity index (χ4v) is 5.48. The molecule has 2 aliphatic carbocycles. The minimum absolute atomic E-state index is 0.0103. The second-order valence-corrected chi connectivity index (χ2v) is 8.54. The van der Waals surface area contributed by atoms with E-state index in [9.17, 15) is 9.90 Å². The summed E-state index contributed by atoms with van der Waals surface area (Å²) in [7, 11) is 0. The number of aliphatic hydroxyl groups is 1. The molecule has 5 heteroatoms. The molecule has 1 saturated heterocycles. The monoisotopic (exact) mass is 325 g/mol. The lowest BCUT2D eigenvalue weighted by Gasteiger charge is -2.43. The van der Waals surface area contributed by atoms with Gasteiger partial charge < -0.3 is 9.84 Å². The van der Waals surface area contributed by atoms with E-state index >= 15 is 0 Å². The first-order chi connectivity index (χ1) is 10.1. The molecule has 0 aromatic carbocycles. The van der Waals surface area contributed by atoms with Crippen LogP contribution in [0.4, 0.5) is 0 Å². The molecule has 1 N–H and O–H groups in total. The molecule has 3 aliphatic rings. The molecule has 0 aromatic rings. The molecule has 1 aliphatic heterocycles.